The fraction of sp³-hybridized carbons (Fsp3) is 0.583. The molecule has 2 rings (SSSR count). The van der Waals surface area contributed by atoms with E-state index in [-0.39, 0.29) is 30.5 Å². The molecule has 1 aliphatic rings. The molecule has 1 aromatic rings. The summed E-state index contributed by atoms with van der Waals surface area (Å²) in [6.45, 7) is 5.96. The van der Waals surface area contributed by atoms with Gasteiger partial charge in [-0.2, -0.15) is 0 Å². The average Bonchev–Trinajstić information content (AvgIpc) is 2.52. The van der Waals surface area contributed by atoms with Crippen molar-refractivity contribution in [2.24, 2.45) is 0 Å². The van der Waals surface area contributed by atoms with Gasteiger partial charge in [0.05, 0.1) is 17.1 Å². The van der Waals surface area contributed by atoms with Crippen molar-refractivity contribution in [1.29, 1.82) is 0 Å². The van der Waals surface area contributed by atoms with Gasteiger partial charge in [-0.1, -0.05) is 0 Å². The Balaban J connectivity index is 2.23. The molecule has 2 heterocycles. The molecule has 0 spiro atoms. The number of hydrogen-bond acceptors (Lipinski definition) is 4. The summed E-state index contributed by atoms with van der Waals surface area (Å²) in [6.07, 6.45) is 0. The number of rotatable bonds is 1. The quantitative estimate of drug-likeness (QED) is 0.766. The van der Waals surface area contributed by atoms with Crippen LogP contribution in [0.5, 0.6) is 0 Å². The summed E-state index contributed by atoms with van der Waals surface area (Å²) in [7, 11) is -2.96. The van der Waals surface area contributed by atoms with Gasteiger partial charge in [0.1, 0.15) is 11.5 Å². The summed E-state index contributed by atoms with van der Waals surface area (Å²) >= 11 is 0. The highest BCUT2D eigenvalue weighted by molar-refractivity contribution is 7.91. The lowest BCUT2D eigenvalue weighted by Crippen LogP contribution is -2.44. The standard InChI is InChI=1S/C12H17NO4S/c1-8-9(2)17-10(3)11(8)12(14)13-4-6-18(15,16)7-5-13/h4-7H2,1-3H3. The van der Waals surface area contributed by atoms with Gasteiger partial charge >= 0.3 is 0 Å². The molecule has 0 radical (unpaired) electrons. The first-order valence-electron chi connectivity index (χ1n) is 5.88. The number of sulfone groups is 1. The van der Waals surface area contributed by atoms with Crippen molar-refractivity contribution in [3.05, 3.63) is 22.6 Å². The third-order valence-electron chi connectivity index (χ3n) is 3.41. The van der Waals surface area contributed by atoms with E-state index in [2.05, 4.69) is 0 Å². The summed E-state index contributed by atoms with van der Waals surface area (Å²) in [6, 6.07) is 0. The Labute approximate surface area is 107 Å². The molecule has 1 aliphatic heterocycles. The van der Waals surface area contributed by atoms with Crippen molar-refractivity contribution in [2.75, 3.05) is 24.6 Å². The number of carbonyl (C=O) groups is 1. The molecule has 1 amide bonds. The zero-order chi connectivity index (χ0) is 13.5. The minimum absolute atomic E-state index is 0.0493. The molecule has 100 valence electrons. The molecule has 6 heteroatoms. The predicted octanol–water partition coefficient (Wildman–Crippen LogP) is 1.08. The lowest BCUT2D eigenvalue weighted by Gasteiger charge is -2.26. The Morgan fingerprint density at radius 1 is 1.11 bits per heavy atom. The first-order valence-corrected chi connectivity index (χ1v) is 7.70. The normalized spacial score (nSPS) is 18.9. The molecule has 1 fully saturated rings. The number of furan rings is 1. The minimum atomic E-state index is -2.96. The van der Waals surface area contributed by atoms with Gasteiger partial charge in [0.15, 0.2) is 9.84 Å². The van der Waals surface area contributed by atoms with Crippen LogP contribution in [0.15, 0.2) is 4.42 Å². The van der Waals surface area contributed by atoms with Crippen LogP contribution in [0.3, 0.4) is 0 Å². The number of amides is 1. The first kappa shape index (κ1) is 13.1. The van der Waals surface area contributed by atoms with Gasteiger partial charge < -0.3 is 9.32 Å². The van der Waals surface area contributed by atoms with Gasteiger partial charge in [0, 0.05) is 18.7 Å². The second-order valence-electron chi connectivity index (χ2n) is 4.66. The number of hydrogen-bond donors (Lipinski definition) is 0. The summed E-state index contributed by atoms with van der Waals surface area (Å²) < 4.78 is 28.1. The van der Waals surface area contributed by atoms with Crippen LogP contribution in [-0.4, -0.2) is 43.8 Å². The van der Waals surface area contributed by atoms with Crippen LogP contribution in [0.1, 0.15) is 27.4 Å². The van der Waals surface area contributed by atoms with Gasteiger partial charge in [-0.15, -0.1) is 0 Å². The molecule has 0 bridgehead atoms. The van der Waals surface area contributed by atoms with Crippen LogP contribution in [0.4, 0.5) is 0 Å². The van der Waals surface area contributed by atoms with E-state index in [9.17, 15) is 13.2 Å². The molecule has 18 heavy (non-hydrogen) atoms. The number of nitrogens with zero attached hydrogens (tertiary/aromatic N) is 1. The van der Waals surface area contributed by atoms with Crippen molar-refractivity contribution in [3.8, 4) is 0 Å². The Bertz CT molecular complexity index is 571. The van der Waals surface area contributed by atoms with E-state index in [1.54, 1.807) is 11.8 Å². The molecule has 0 aromatic carbocycles. The van der Waals surface area contributed by atoms with Crippen molar-refractivity contribution >= 4 is 15.7 Å². The number of carbonyl (C=O) groups excluding carboxylic acids is 1. The lowest BCUT2D eigenvalue weighted by molar-refractivity contribution is 0.0768. The maximum absolute atomic E-state index is 12.3. The highest BCUT2D eigenvalue weighted by atomic mass is 32.2. The van der Waals surface area contributed by atoms with Crippen molar-refractivity contribution in [1.82, 2.24) is 4.90 Å². The molecular formula is C12H17NO4S. The second kappa shape index (κ2) is 4.42. The zero-order valence-electron chi connectivity index (χ0n) is 10.8. The molecular weight excluding hydrogens is 254 g/mol. The molecule has 0 unspecified atom stereocenters. The van der Waals surface area contributed by atoms with E-state index < -0.39 is 9.84 Å². The van der Waals surface area contributed by atoms with E-state index in [0.29, 0.717) is 11.3 Å². The molecule has 0 atom stereocenters. The smallest absolute Gasteiger partial charge is 0.257 e. The molecule has 0 aliphatic carbocycles. The summed E-state index contributed by atoms with van der Waals surface area (Å²) in [5, 5.41) is 0. The molecule has 1 saturated heterocycles. The fourth-order valence-corrected chi connectivity index (χ4v) is 3.38. The van der Waals surface area contributed by atoms with E-state index >= 15 is 0 Å². The maximum atomic E-state index is 12.3. The summed E-state index contributed by atoms with van der Waals surface area (Å²) in [5.41, 5.74) is 1.41. The Morgan fingerprint density at radius 2 is 1.67 bits per heavy atom. The van der Waals surface area contributed by atoms with Crippen LogP contribution in [-0.2, 0) is 9.84 Å². The second-order valence-corrected chi connectivity index (χ2v) is 6.96. The monoisotopic (exact) mass is 271 g/mol. The van der Waals surface area contributed by atoms with Crippen LogP contribution < -0.4 is 0 Å². The van der Waals surface area contributed by atoms with Crippen LogP contribution in [0.25, 0.3) is 0 Å². The number of aryl methyl sites for hydroxylation is 2. The first-order chi connectivity index (χ1) is 8.32. The van der Waals surface area contributed by atoms with E-state index in [0.717, 1.165) is 11.3 Å². The topological polar surface area (TPSA) is 67.6 Å². The molecule has 0 N–H and O–H groups in total. The summed E-state index contributed by atoms with van der Waals surface area (Å²) in [5.74, 6) is 1.31. The van der Waals surface area contributed by atoms with Crippen molar-refractivity contribution < 1.29 is 17.6 Å². The van der Waals surface area contributed by atoms with E-state index in [4.69, 9.17) is 4.42 Å². The summed E-state index contributed by atoms with van der Waals surface area (Å²) in [4.78, 5) is 13.9. The third-order valence-corrected chi connectivity index (χ3v) is 5.02. The zero-order valence-corrected chi connectivity index (χ0v) is 11.6. The Kier molecular flexibility index (Phi) is 3.23. The highest BCUT2D eigenvalue weighted by Crippen LogP contribution is 2.23. The largest absolute Gasteiger partial charge is 0.466 e. The van der Waals surface area contributed by atoms with Gasteiger partial charge in [0.25, 0.3) is 5.91 Å². The molecule has 5 nitrogen and oxygen atoms in total. The fourth-order valence-electron chi connectivity index (χ4n) is 2.18. The van der Waals surface area contributed by atoms with Gasteiger partial charge in [-0.05, 0) is 20.8 Å². The Morgan fingerprint density at radius 3 is 2.11 bits per heavy atom. The van der Waals surface area contributed by atoms with Crippen LogP contribution >= 0.6 is 0 Å². The van der Waals surface area contributed by atoms with Gasteiger partial charge in [-0.25, -0.2) is 8.42 Å². The van der Waals surface area contributed by atoms with Crippen LogP contribution in [0.2, 0.25) is 0 Å². The lowest BCUT2D eigenvalue weighted by atomic mass is 10.1. The van der Waals surface area contributed by atoms with E-state index in [1.165, 1.54) is 0 Å². The highest BCUT2D eigenvalue weighted by Gasteiger charge is 2.29. The van der Waals surface area contributed by atoms with Gasteiger partial charge in [-0.3, -0.25) is 4.79 Å². The predicted molar refractivity (Wildman–Crippen MR) is 67.5 cm³/mol. The maximum Gasteiger partial charge on any atom is 0.257 e. The minimum Gasteiger partial charge on any atom is -0.466 e. The molecule has 1 aromatic heterocycles. The van der Waals surface area contributed by atoms with Gasteiger partial charge in [0.2, 0.25) is 0 Å². The SMILES string of the molecule is Cc1oc(C)c(C(=O)N2CCS(=O)(=O)CC2)c1C. The third kappa shape index (κ3) is 2.29. The Hall–Kier alpha value is -1.30. The van der Waals surface area contributed by atoms with Crippen molar-refractivity contribution in [2.45, 2.75) is 20.8 Å². The van der Waals surface area contributed by atoms with Crippen molar-refractivity contribution in [3.63, 3.8) is 0 Å². The average molecular weight is 271 g/mol. The molecule has 0 saturated carbocycles. The van der Waals surface area contributed by atoms with Crippen LogP contribution in [0, 0.1) is 20.8 Å². The van der Waals surface area contributed by atoms with E-state index in [1.807, 2.05) is 13.8 Å².